The van der Waals surface area contributed by atoms with Gasteiger partial charge in [-0.15, -0.1) is 0 Å². The summed E-state index contributed by atoms with van der Waals surface area (Å²) < 4.78 is 16.4. The minimum atomic E-state index is -0.454. The van der Waals surface area contributed by atoms with E-state index in [-0.39, 0.29) is 0 Å². The fraction of sp³-hybridized carbons (Fsp3) is 0.111. The van der Waals surface area contributed by atoms with E-state index < -0.39 is 11.9 Å². The molecule has 0 unspecified atom stereocenters. The Balaban J connectivity index is 1.69. The summed E-state index contributed by atoms with van der Waals surface area (Å²) in [5.41, 5.74) is 3.44. The van der Waals surface area contributed by atoms with Crippen molar-refractivity contribution in [2.24, 2.45) is 0 Å². The van der Waals surface area contributed by atoms with E-state index in [0.29, 0.717) is 34.2 Å². The lowest BCUT2D eigenvalue weighted by Gasteiger charge is -2.07. The van der Waals surface area contributed by atoms with Crippen LogP contribution < -0.4 is 9.47 Å². The third-order valence-corrected chi connectivity index (χ3v) is 4.53. The topological polar surface area (TPSA) is 65.7 Å². The van der Waals surface area contributed by atoms with E-state index >= 15 is 0 Å². The highest BCUT2D eigenvalue weighted by Gasteiger charge is 2.10. The van der Waals surface area contributed by atoms with E-state index in [9.17, 15) is 9.59 Å². The number of ether oxygens (including phenoxy) is 2. The molecule has 162 valence electrons. The standard InChI is InChI=1S/C27H24O5/c1-17(2)26(28)31-22-10-7-20(8-11-22)6-9-21-13-15-25(30-21)24-14-12-23(16-19(24)5)32-27(29)18(3)4/h6-16H,1,3H2,2,4-5H3/b9-6+. The number of esters is 2. The van der Waals surface area contributed by atoms with Gasteiger partial charge < -0.3 is 13.9 Å². The van der Waals surface area contributed by atoms with Crippen LogP contribution in [0.1, 0.15) is 30.7 Å². The number of furan rings is 1. The summed E-state index contributed by atoms with van der Waals surface area (Å²) in [4.78, 5) is 23.3. The van der Waals surface area contributed by atoms with Crippen molar-refractivity contribution in [3.05, 3.63) is 95.8 Å². The highest BCUT2D eigenvalue weighted by Crippen LogP contribution is 2.29. The van der Waals surface area contributed by atoms with Crippen molar-refractivity contribution in [2.45, 2.75) is 20.8 Å². The average Bonchev–Trinajstić information content (AvgIpc) is 3.22. The fourth-order valence-electron chi connectivity index (χ4n) is 2.78. The van der Waals surface area contributed by atoms with Crippen molar-refractivity contribution in [1.82, 2.24) is 0 Å². The van der Waals surface area contributed by atoms with E-state index in [1.165, 1.54) is 0 Å². The molecule has 5 nitrogen and oxygen atoms in total. The zero-order valence-electron chi connectivity index (χ0n) is 18.3. The minimum absolute atomic E-state index is 0.344. The molecule has 1 aromatic heterocycles. The Morgan fingerprint density at radius 1 is 0.812 bits per heavy atom. The van der Waals surface area contributed by atoms with Crippen molar-refractivity contribution in [3.8, 4) is 22.8 Å². The fourth-order valence-corrected chi connectivity index (χ4v) is 2.78. The lowest BCUT2D eigenvalue weighted by molar-refractivity contribution is -0.130. The predicted molar refractivity (Wildman–Crippen MR) is 125 cm³/mol. The molecule has 3 rings (SSSR count). The third kappa shape index (κ3) is 5.73. The number of aryl methyl sites for hydroxylation is 1. The van der Waals surface area contributed by atoms with E-state index in [1.54, 1.807) is 38.1 Å². The zero-order valence-corrected chi connectivity index (χ0v) is 18.3. The average molecular weight is 428 g/mol. The molecule has 2 aromatic carbocycles. The summed E-state index contributed by atoms with van der Waals surface area (Å²) in [5, 5.41) is 0. The molecule has 0 amide bonds. The maximum Gasteiger partial charge on any atom is 0.338 e. The van der Waals surface area contributed by atoms with Crippen LogP contribution in [0.4, 0.5) is 0 Å². The molecule has 0 spiro atoms. The Morgan fingerprint density at radius 2 is 1.41 bits per heavy atom. The van der Waals surface area contributed by atoms with Crippen LogP contribution in [0.25, 0.3) is 23.5 Å². The van der Waals surface area contributed by atoms with Gasteiger partial charge in [-0.2, -0.15) is 0 Å². The van der Waals surface area contributed by atoms with Gasteiger partial charge >= 0.3 is 11.9 Å². The number of carbonyl (C=O) groups is 2. The highest BCUT2D eigenvalue weighted by atomic mass is 16.5. The van der Waals surface area contributed by atoms with Gasteiger partial charge in [-0.25, -0.2) is 9.59 Å². The summed E-state index contributed by atoms with van der Waals surface area (Å²) in [6.45, 7) is 12.3. The van der Waals surface area contributed by atoms with Gasteiger partial charge in [0.15, 0.2) is 0 Å². The van der Waals surface area contributed by atoms with Crippen LogP contribution in [-0.2, 0) is 9.59 Å². The van der Waals surface area contributed by atoms with Crippen LogP contribution in [0.3, 0.4) is 0 Å². The second kappa shape index (κ2) is 9.79. The lowest BCUT2D eigenvalue weighted by Crippen LogP contribution is -2.08. The Bertz CT molecular complexity index is 1210. The predicted octanol–water partition coefficient (Wildman–Crippen LogP) is 6.39. The van der Waals surface area contributed by atoms with Gasteiger partial charge in [-0.1, -0.05) is 31.4 Å². The lowest BCUT2D eigenvalue weighted by atomic mass is 10.1. The largest absolute Gasteiger partial charge is 0.457 e. The van der Waals surface area contributed by atoms with Crippen LogP contribution in [-0.4, -0.2) is 11.9 Å². The van der Waals surface area contributed by atoms with E-state index in [1.807, 2.05) is 49.4 Å². The monoisotopic (exact) mass is 428 g/mol. The summed E-state index contributed by atoms with van der Waals surface area (Å²) in [6.07, 6.45) is 3.76. The summed E-state index contributed by atoms with van der Waals surface area (Å²) in [6, 6.07) is 16.3. The normalized spacial score (nSPS) is 10.7. The van der Waals surface area contributed by atoms with Gasteiger partial charge in [0.05, 0.1) is 0 Å². The number of benzene rings is 2. The second-order valence-electron chi connectivity index (χ2n) is 7.42. The maximum absolute atomic E-state index is 11.7. The molecule has 0 saturated heterocycles. The van der Waals surface area contributed by atoms with Crippen LogP contribution in [0.2, 0.25) is 0 Å². The maximum atomic E-state index is 11.7. The molecule has 32 heavy (non-hydrogen) atoms. The molecule has 0 saturated carbocycles. The molecule has 0 aliphatic heterocycles. The molecule has 0 fully saturated rings. The number of carbonyl (C=O) groups excluding carboxylic acids is 2. The van der Waals surface area contributed by atoms with Crippen LogP contribution in [0.5, 0.6) is 11.5 Å². The van der Waals surface area contributed by atoms with Gasteiger partial charge in [0, 0.05) is 16.7 Å². The van der Waals surface area contributed by atoms with Crippen molar-refractivity contribution < 1.29 is 23.5 Å². The van der Waals surface area contributed by atoms with Crippen LogP contribution in [0, 0.1) is 6.92 Å². The molecule has 0 atom stereocenters. The molecule has 0 aliphatic rings. The van der Waals surface area contributed by atoms with Crippen molar-refractivity contribution in [3.63, 3.8) is 0 Å². The van der Waals surface area contributed by atoms with Crippen molar-refractivity contribution in [1.29, 1.82) is 0 Å². The molecular weight excluding hydrogens is 404 g/mol. The van der Waals surface area contributed by atoms with Gasteiger partial charge in [0.25, 0.3) is 0 Å². The van der Waals surface area contributed by atoms with Crippen molar-refractivity contribution in [2.75, 3.05) is 0 Å². The smallest absolute Gasteiger partial charge is 0.338 e. The first-order valence-electron chi connectivity index (χ1n) is 9.97. The summed E-state index contributed by atoms with van der Waals surface area (Å²) in [5.74, 6) is 1.42. The van der Waals surface area contributed by atoms with Gasteiger partial charge in [-0.3, -0.25) is 0 Å². The SMILES string of the molecule is C=C(C)C(=O)Oc1ccc(/C=C/c2ccc(-c3ccc(OC(=O)C(=C)C)cc3C)o2)cc1. The van der Waals surface area contributed by atoms with E-state index in [0.717, 1.165) is 16.7 Å². The van der Waals surface area contributed by atoms with E-state index in [2.05, 4.69) is 13.2 Å². The summed E-state index contributed by atoms with van der Waals surface area (Å²) >= 11 is 0. The molecule has 1 heterocycles. The minimum Gasteiger partial charge on any atom is -0.457 e. The molecule has 0 N–H and O–H groups in total. The number of hydrogen-bond donors (Lipinski definition) is 0. The molecule has 3 aromatic rings. The first-order chi connectivity index (χ1) is 15.2. The van der Waals surface area contributed by atoms with Gasteiger partial charge in [0.2, 0.25) is 0 Å². The first-order valence-corrected chi connectivity index (χ1v) is 9.97. The zero-order chi connectivity index (χ0) is 23.3. The molecule has 0 radical (unpaired) electrons. The Hall–Kier alpha value is -4.12. The van der Waals surface area contributed by atoms with E-state index in [4.69, 9.17) is 13.9 Å². The van der Waals surface area contributed by atoms with Crippen molar-refractivity contribution >= 4 is 24.1 Å². The first kappa shape index (κ1) is 22.6. The quantitative estimate of drug-likeness (QED) is 0.248. The highest BCUT2D eigenvalue weighted by molar-refractivity contribution is 5.89. The Labute approximate surface area is 187 Å². The van der Waals surface area contributed by atoms with Crippen LogP contribution in [0.15, 0.2) is 83.3 Å². The molecular formula is C27H24O5. The van der Waals surface area contributed by atoms with Gasteiger partial charge in [-0.05, 0) is 80.4 Å². The number of hydrogen-bond acceptors (Lipinski definition) is 5. The molecule has 5 heteroatoms. The second-order valence-corrected chi connectivity index (χ2v) is 7.42. The molecule has 0 bridgehead atoms. The number of rotatable bonds is 7. The van der Waals surface area contributed by atoms with Gasteiger partial charge in [0.1, 0.15) is 23.0 Å². The molecule has 0 aliphatic carbocycles. The Kier molecular flexibility index (Phi) is 6.90. The Morgan fingerprint density at radius 3 is 2.00 bits per heavy atom. The summed E-state index contributed by atoms with van der Waals surface area (Å²) in [7, 11) is 0. The third-order valence-electron chi connectivity index (χ3n) is 4.53. The van der Waals surface area contributed by atoms with Crippen LogP contribution >= 0.6 is 0 Å².